The van der Waals surface area contributed by atoms with Crippen LogP contribution < -0.4 is 15.8 Å². The van der Waals surface area contributed by atoms with Gasteiger partial charge in [-0.05, 0) is 57.6 Å². The van der Waals surface area contributed by atoms with Gasteiger partial charge in [-0.1, -0.05) is 31.5 Å². The zero-order valence-corrected chi connectivity index (χ0v) is 22.7. The van der Waals surface area contributed by atoms with Gasteiger partial charge in [0.15, 0.2) is 5.96 Å². The molecule has 9 heteroatoms. The first-order valence-electron chi connectivity index (χ1n) is 13.0. The average molecular weight is 519 g/mol. The van der Waals surface area contributed by atoms with Crippen molar-refractivity contribution in [1.29, 1.82) is 0 Å². The molecule has 8 nitrogen and oxygen atoms in total. The Balaban J connectivity index is 1.52. The van der Waals surface area contributed by atoms with Crippen LogP contribution in [0.1, 0.15) is 77.8 Å². The number of amides is 2. The Hall–Kier alpha value is -2.32. The minimum absolute atomic E-state index is 0.00725. The fourth-order valence-corrected chi connectivity index (χ4v) is 6.14. The maximum atomic E-state index is 13.4. The molecule has 0 bridgehead atoms. The quantitative estimate of drug-likeness (QED) is 0.509. The maximum Gasteiger partial charge on any atom is 0.231 e. The molecule has 36 heavy (non-hydrogen) atoms. The van der Waals surface area contributed by atoms with Crippen LogP contribution in [0.2, 0.25) is 5.02 Å². The number of aliphatic imine (C=N–C) groups is 1. The van der Waals surface area contributed by atoms with E-state index in [1.54, 1.807) is 12.0 Å². The smallest absolute Gasteiger partial charge is 0.231 e. The van der Waals surface area contributed by atoms with Crippen LogP contribution in [0.3, 0.4) is 0 Å². The second-order valence-corrected chi connectivity index (χ2v) is 11.4. The molecule has 4 atom stereocenters. The van der Waals surface area contributed by atoms with E-state index in [2.05, 4.69) is 5.32 Å². The summed E-state index contributed by atoms with van der Waals surface area (Å²) in [5.74, 6) is 0.680. The van der Waals surface area contributed by atoms with Crippen molar-refractivity contribution >= 4 is 29.4 Å². The molecule has 1 aromatic carbocycles. The number of guanidine groups is 1. The van der Waals surface area contributed by atoms with Crippen LogP contribution in [0, 0.1) is 11.8 Å². The number of nitrogens with one attached hydrogen (secondary N) is 1. The van der Waals surface area contributed by atoms with Crippen molar-refractivity contribution in [2.75, 3.05) is 13.7 Å². The van der Waals surface area contributed by atoms with Gasteiger partial charge in [0.05, 0.1) is 18.0 Å². The fraction of sp³-hybridized carbons (Fsp3) is 0.667. The Morgan fingerprint density at radius 1 is 1.36 bits per heavy atom. The number of hydrogen-bond donors (Lipinski definition) is 2. The number of methoxy groups -OCH3 is 1. The number of hydrogen-bond acceptors (Lipinski definition) is 6. The first-order valence-corrected chi connectivity index (χ1v) is 13.4. The molecule has 1 fully saturated rings. The van der Waals surface area contributed by atoms with Gasteiger partial charge in [0, 0.05) is 42.7 Å². The van der Waals surface area contributed by atoms with Crippen LogP contribution in [0.15, 0.2) is 23.2 Å². The van der Waals surface area contributed by atoms with Crippen molar-refractivity contribution in [3.05, 3.63) is 28.8 Å². The van der Waals surface area contributed by atoms with Gasteiger partial charge in [-0.3, -0.25) is 14.5 Å². The lowest BCUT2D eigenvalue weighted by atomic mass is 9.87. The third-order valence-electron chi connectivity index (χ3n) is 8.04. The van der Waals surface area contributed by atoms with Crippen molar-refractivity contribution < 1.29 is 19.1 Å². The van der Waals surface area contributed by atoms with Gasteiger partial charge in [0.1, 0.15) is 11.4 Å². The van der Waals surface area contributed by atoms with Crippen LogP contribution in [-0.2, 0) is 14.3 Å². The van der Waals surface area contributed by atoms with Crippen LogP contribution >= 0.6 is 11.6 Å². The summed E-state index contributed by atoms with van der Waals surface area (Å²) in [5, 5.41) is 3.81. The van der Waals surface area contributed by atoms with Crippen molar-refractivity contribution in [3.63, 3.8) is 0 Å². The van der Waals surface area contributed by atoms with Crippen molar-refractivity contribution in [2.45, 2.75) is 89.4 Å². The molecule has 1 aromatic rings. The number of benzene rings is 1. The maximum absolute atomic E-state index is 13.4. The molecular formula is C27H39ClN4O4. The number of rotatable bonds is 9. The normalized spacial score (nSPS) is 26.9. The van der Waals surface area contributed by atoms with E-state index < -0.39 is 11.1 Å². The van der Waals surface area contributed by atoms with Crippen molar-refractivity contribution in [2.24, 2.45) is 22.6 Å². The molecule has 2 amide bonds. The Kier molecular flexibility index (Phi) is 7.58. The molecule has 4 rings (SSSR count). The molecule has 1 aliphatic carbocycles. The van der Waals surface area contributed by atoms with Gasteiger partial charge < -0.3 is 20.5 Å². The number of nitrogens with two attached hydrogens (primary N) is 1. The minimum atomic E-state index is -0.438. The molecule has 3 N–H and O–H groups in total. The van der Waals surface area contributed by atoms with Crippen LogP contribution in [0.5, 0.6) is 5.75 Å². The van der Waals surface area contributed by atoms with E-state index in [1.165, 1.54) is 0 Å². The van der Waals surface area contributed by atoms with Gasteiger partial charge in [-0.15, -0.1) is 0 Å². The molecule has 198 valence electrons. The average Bonchev–Trinajstić information content (AvgIpc) is 3.60. The molecule has 1 saturated carbocycles. The number of halogens is 1. The van der Waals surface area contributed by atoms with E-state index in [-0.39, 0.29) is 41.7 Å². The fourth-order valence-electron chi connectivity index (χ4n) is 5.84. The summed E-state index contributed by atoms with van der Waals surface area (Å²) in [6.07, 6.45) is 3.74. The molecule has 0 unspecified atom stereocenters. The second kappa shape index (κ2) is 10.2. The molecule has 0 aromatic heterocycles. The Morgan fingerprint density at radius 2 is 2.08 bits per heavy atom. The van der Waals surface area contributed by atoms with E-state index in [0.29, 0.717) is 43.1 Å². The van der Waals surface area contributed by atoms with Crippen LogP contribution in [0.25, 0.3) is 0 Å². The first kappa shape index (κ1) is 26.7. The predicted octanol–water partition coefficient (Wildman–Crippen LogP) is 4.21. The van der Waals surface area contributed by atoms with Gasteiger partial charge in [0.25, 0.3) is 0 Å². The van der Waals surface area contributed by atoms with Crippen LogP contribution in [-0.4, -0.2) is 53.6 Å². The number of ether oxygens (including phenoxy) is 2. The highest BCUT2D eigenvalue weighted by atomic mass is 35.5. The van der Waals surface area contributed by atoms with E-state index >= 15 is 0 Å². The van der Waals surface area contributed by atoms with Gasteiger partial charge in [0.2, 0.25) is 11.8 Å². The summed E-state index contributed by atoms with van der Waals surface area (Å²) in [7, 11) is 1.64. The zero-order valence-electron chi connectivity index (χ0n) is 22.0. The second-order valence-electron chi connectivity index (χ2n) is 11.0. The summed E-state index contributed by atoms with van der Waals surface area (Å²) >= 11 is 6.51. The SMILES string of the molecule is CCC1(CC)CC(=O)N([C@H](CCOC)[C@H]2C[C@@H]2C(=O)N[C@H]2CC(C)(C)Oc3cccc(Cl)c32)C(N)=N1. The highest BCUT2D eigenvalue weighted by molar-refractivity contribution is 6.31. The largest absolute Gasteiger partial charge is 0.487 e. The third-order valence-corrected chi connectivity index (χ3v) is 8.37. The summed E-state index contributed by atoms with van der Waals surface area (Å²) in [6.45, 7) is 8.56. The highest BCUT2D eigenvalue weighted by Crippen LogP contribution is 2.48. The number of nitrogens with zero attached hydrogens (tertiary/aromatic N) is 2. The standard InChI is InChI=1S/C27H39ClN4O4/c1-6-27(7-2)15-22(33)32(25(29)31-27)20(11-12-35-5)16-13-17(16)24(34)30-19-14-26(3,4)36-21-10-8-9-18(28)23(19)21/h8-10,16-17,19-20H,6-7,11-15H2,1-5H3,(H2,29,31)(H,30,34)/t16-,17-,19-,20+/m0/s1. The van der Waals surface area contributed by atoms with E-state index in [4.69, 9.17) is 31.8 Å². The van der Waals surface area contributed by atoms with Crippen LogP contribution in [0.4, 0.5) is 0 Å². The third kappa shape index (κ3) is 5.21. The lowest BCUT2D eigenvalue weighted by molar-refractivity contribution is -0.133. The van der Waals surface area contributed by atoms with Crippen molar-refractivity contribution in [3.8, 4) is 5.75 Å². The van der Waals surface area contributed by atoms with Gasteiger partial charge in [-0.2, -0.15) is 0 Å². The van der Waals surface area contributed by atoms with E-state index in [9.17, 15) is 9.59 Å². The molecule has 3 aliphatic rings. The molecule has 0 radical (unpaired) electrons. The van der Waals surface area contributed by atoms with Crippen molar-refractivity contribution in [1.82, 2.24) is 10.2 Å². The molecule has 0 spiro atoms. The Bertz CT molecular complexity index is 1040. The van der Waals surface area contributed by atoms with E-state index in [1.807, 2.05) is 45.9 Å². The van der Waals surface area contributed by atoms with E-state index in [0.717, 1.165) is 18.4 Å². The molecule has 2 heterocycles. The van der Waals surface area contributed by atoms with Gasteiger partial charge in [-0.25, -0.2) is 4.99 Å². The topological polar surface area (TPSA) is 106 Å². The lowest BCUT2D eigenvalue weighted by Crippen LogP contribution is -2.56. The summed E-state index contributed by atoms with van der Waals surface area (Å²) in [6, 6.07) is 5.08. The summed E-state index contributed by atoms with van der Waals surface area (Å²) < 4.78 is 11.4. The Labute approximate surface area is 218 Å². The lowest BCUT2D eigenvalue weighted by Gasteiger charge is -2.40. The monoisotopic (exact) mass is 518 g/mol. The zero-order chi connectivity index (χ0) is 26.3. The number of carbonyl (C=O) groups is 2. The number of fused-ring (bicyclic) bond motifs is 1. The van der Waals surface area contributed by atoms with Gasteiger partial charge >= 0.3 is 0 Å². The summed E-state index contributed by atoms with van der Waals surface area (Å²) in [4.78, 5) is 33.1. The summed E-state index contributed by atoms with van der Waals surface area (Å²) in [5.41, 5.74) is 6.33. The predicted molar refractivity (Wildman–Crippen MR) is 140 cm³/mol. The Morgan fingerprint density at radius 3 is 2.72 bits per heavy atom. The molecular weight excluding hydrogens is 480 g/mol. The molecule has 0 saturated heterocycles. The number of carbonyl (C=O) groups excluding carboxylic acids is 2. The minimum Gasteiger partial charge on any atom is -0.487 e. The molecule has 2 aliphatic heterocycles. The first-order chi connectivity index (χ1) is 17.0. The highest BCUT2D eigenvalue weighted by Gasteiger charge is 2.53.